The molecule has 8 atom stereocenters. The van der Waals surface area contributed by atoms with Gasteiger partial charge in [-0.1, -0.05) is 13.8 Å². The fourth-order valence-corrected chi connectivity index (χ4v) is 7.35. The number of amides is 10. The molecular weight excluding hydrogens is 1030 g/mol. The van der Waals surface area contributed by atoms with Gasteiger partial charge in [0.25, 0.3) is 0 Å². The van der Waals surface area contributed by atoms with Gasteiger partial charge in [0.15, 0.2) is 0 Å². The summed E-state index contributed by atoms with van der Waals surface area (Å²) in [5, 5.41) is 49.5. The number of carbonyl (C=O) groups is 13. The Morgan fingerprint density at radius 3 is 1.14 bits per heavy atom. The van der Waals surface area contributed by atoms with Crippen molar-refractivity contribution in [3.63, 3.8) is 0 Å². The number of carboxylic acids is 3. The summed E-state index contributed by atoms with van der Waals surface area (Å²) in [6.07, 6.45) is 0.356. The molecule has 78 heavy (non-hydrogen) atoms. The van der Waals surface area contributed by atoms with Crippen molar-refractivity contribution in [3.8, 4) is 0 Å². The summed E-state index contributed by atoms with van der Waals surface area (Å²) >= 11 is 0. The van der Waals surface area contributed by atoms with Gasteiger partial charge in [-0.15, -0.1) is 0 Å². The Morgan fingerprint density at radius 1 is 0.410 bits per heavy atom. The van der Waals surface area contributed by atoms with Crippen molar-refractivity contribution in [2.45, 2.75) is 165 Å². The van der Waals surface area contributed by atoms with Crippen molar-refractivity contribution >= 4 is 77.0 Å². The minimum absolute atomic E-state index is 0.0206. The van der Waals surface area contributed by atoms with Gasteiger partial charge in [-0.25, -0.2) is 5.90 Å². The number of rotatable bonds is 44. The summed E-state index contributed by atoms with van der Waals surface area (Å²) in [5.74, 6) is -10.5. The third-order valence-electron chi connectivity index (χ3n) is 11.6. The molecule has 0 aromatic rings. The highest BCUT2D eigenvalue weighted by Crippen LogP contribution is 2.11. The zero-order chi connectivity index (χ0) is 59.3. The number of nitrogens with one attached hydrogen (secondary N) is 9. The molecule has 0 unspecified atom stereocenters. The normalized spacial score (nSPS) is 14.1. The molecule has 0 aliphatic rings. The molecule has 32 nitrogen and oxygen atoms in total. The zero-order valence-electron chi connectivity index (χ0n) is 44.3. The van der Waals surface area contributed by atoms with E-state index >= 15 is 0 Å². The van der Waals surface area contributed by atoms with Gasteiger partial charge in [-0.2, -0.15) is 0 Å². The highest BCUT2D eigenvalue weighted by Gasteiger charge is 2.35. The second kappa shape index (κ2) is 40.1. The Bertz CT molecular complexity index is 2000. The molecule has 32 heteroatoms. The molecule has 0 fully saturated rings. The smallest absolute Gasteiger partial charge is 0.305 e. The molecule has 0 aliphatic heterocycles. The van der Waals surface area contributed by atoms with E-state index in [9.17, 15) is 77.6 Å². The SMILES string of the molecule is CC(C)[C@H](NC(=O)[C@H](CCC(=O)O)NC(=O)[C@H](CC(=O)O)NC(=O)CON)C(=O)N[C@@H](CC(=O)O)C(=O)NCC(=O)N[C@@H](CCCCN)C(=O)N[C@@H](CCCCN)C(=O)N[C@@H](CCCCN)C(=O)N[C@@H](CCCCN)C(N)=O. The number of carboxylic acid groups (broad SMARTS) is 3. The average Bonchev–Trinajstić information content (AvgIpc) is 3.36. The largest absolute Gasteiger partial charge is 0.481 e. The molecule has 0 spiro atoms. The van der Waals surface area contributed by atoms with E-state index < -0.39 is 170 Å². The van der Waals surface area contributed by atoms with Gasteiger partial charge < -0.3 is 91.8 Å². The summed E-state index contributed by atoms with van der Waals surface area (Å²) in [7, 11) is 0. The van der Waals surface area contributed by atoms with E-state index in [0.717, 1.165) is 0 Å². The predicted molar refractivity (Wildman–Crippen MR) is 276 cm³/mol. The van der Waals surface area contributed by atoms with Crippen molar-refractivity contribution in [1.29, 1.82) is 0 Å². The first-order valence-corrected chi connectivity index (χ1v) is 25.6. The van der Waals surface area contributed by atoms with E-state index in [2.05, 4.69) is 47.4 Å². The van der Waals surface area contributed by atoms with Crippen LogP contribution >= 0.6 is 0 Å². The third kappa shape index (κ3) is 30.6. The van der Waals surface area contributed by atoms with Gasteiger partial charge in [0.05, 0.1) is 19.4 Å². The first-order chi connectivity index (χ1) is 36.8. The maximum absolute atomic E-state index is 13.9. The molecular formula is C46H83N15O17. The Kier molecular flexibility index (Phi) is 36.5. The summed E-state index contributed by atoms with van der Waals surface area (Å²) in [5.41, 5.74) is 28.1. The van der Waals surface area contributed by atoms with Crippen molar-refractivity contribution in [2.75, 3.05) is 39.3 Å². The first-order valence-electron chi connectivity index (χ1n) is 25.6. The number of unbranched alkanes of at least 4 members (excludes halogenated alkanes) is 4. The monoisotopic (exact) mass is 1120 g/mol. The summed E-state index contributed by atoms with van der Waals surface area (Å²) < 4.78 is 0. The predicted octanol–water partition coefficient (Wildman–Crippen LogP) is -6.66. The van der Waals surface area contributed by atoms with Gasteiger partial charge in [0.2, 0.25) is 59.1 Å². The van der Waals surface area contributed by atoms with Crippen LogP contribution in [-0.2, 0) is 67.2 Å². The fourth-order valence-electron chi connectivity index (χ4n) is 7.35. The number of hydrogen-bond donors (Lipinski definition) is 18. The standard InChI is InChI=1S/C46H83N15O17/c1-25(2)38(61-44(75)30(15-16-35(64)65)59-45(76)32(22-37(68)69)55-34(63)24-78-52)46(77)60-31(21-36(66)67)40(71)53-23-33(62)54-27(12-4-8-18-48)41(72)57-29(14-6-10-20-50)43(74)58-28(13-5-9-19-49)42(73)56-26(39(51)70)11-3-7-17-47/h25-32,38H,3-24,47-50,52H2,1-2H3,(H2,51,70)(H,53,71)(H,54,62)(H,55,63)(H,56,73)(H,57,72)(H,58,74)(H,59,76)(H,60,77)(H,61,75)(H,64,65)(H,66,67)(H,68,69)/t26-,27-,28-,29-,30-,31-,32-,38-/m0/s1. The molecule has 0 rings (SSSR count). The van der Waals surface area contributed by atoms with Crippen LogP contribution in [0.4, 0.5) is 0 Å². The third-order valence-corrected chi connectivity index (χ3v) is 11.6. The Labute approximate surface area is 451 Å². The molecule has 24 N–H and O–H groups in total. The number of carbonyl (C=O) groups excluding carboxylic acids is 10. The van der Waals surface area contributed by atoms with Crippen molar-refractivity contribution in [3.05, 3.63) is 0 Å². The van der Waals surface area contributed by atoms with Crippen molar-refractivity contribution in [1.82, 2.24) is 47.9 Å². The van der Waals surface area contributed by atoms with Crippen LogP contribution in [0.15, 0.2) is 0 Å². The lowest BCUT2D eigenvalue weighted by molar-refractivity contribution is -0.142. The van der Waals surface area contributed by atoms with Crippen molar-refractivity contribution < 1.29 is 82.5 Å². The van der Waals surface area contributed by atoms with E-state index in [1.165, 1.54) is 13.8 Å². The highest BCUT2D eigenvalue weighted by molar-refractivity contribution is 5.99. The van der Waals surface area contributed by atoms with Gasteiger partial charge >= 0.3 is 17.9 Å². The van der Waals surface area contributed by atoms with E-state index in [0.29, 0.717) is 57.9 Å². The van der Waals surface area contributed by atoms with E-state index in [-0.39, 0.29) is 45.3 Å². The molecule has 0 heterocycles. The number of aliphatic carboxylic acids is 3. The topological polar surface area (TPSA) is 556 Å². The van der Waals surface area contributed by atoms with Gasteiger partial charge in [-0.05, 0) is 116 Å². The van der Waals surface area contributed by atoms with Crippen LogP contribution in [0.3, 0.4) is 0 Å². The lowest BCUT2D eigenvalue weighted by atomic mass is 10.0. The van der Waals surface area contributed by atoms with Crippen LogP contribution in [-0.4, -0.2) is 180 Å². The van der Waals surface area contributed by atoms with Gasteiger partial charge in [0, 0.05) is 6.42 Å². The average molecular weight is 1120 g/mol. The fraction of sp³-hybridized carbons (Fsp3) is 0.717. The van der Waals surface area contributed by atoms with Gasteiger partial charge in [-0.3, -0.25) is 67.2 Å². The van der Waals surface area contributed by atoms with Crippen LogP contribution in [0, 0.1) is 5.92 Å². The Morgan fingerprint density at radius 2 is 0.756 bits per heavy atom. The van der Waals surface area contributed by atoms with E-state index in [1.54, 1.807) is 0 Å². The molecule has 0 radical (unpaired) electrons. The minimum atomic E-state index is -1.91. The highest BCUT2D eigenvalue weighted by atomic mass is 16.6. The summed E-state index contributed by atoms with van der Waals surface area (Å²) in [4.78, 5) is 172. The van der Waals surface area contributed by atoms with Crippen LogP contribution in [0.1, 0.15) is 117 Å². The van der Waals surface area contributed by atoms with Crippen LogP contribution in [0.2, 0.25) is 0 Å². The molecule has 444 valence electrons. The van der Waals surface area contributed by atoms with E-state index in [1.807, 2.05) is 5.32 Å². The van der Waals surface area contributed by atoms with Crippen LogP contribution in [0.5, 0.6) is 0 Å². The van der Waals surface area contributed by atoms with E-state index in [4.69, 9.17) is 34.6 Å². The molecule has 0 bridgehead atoms. The summed E-state index contributed by atoms with van der Waals surface area (Å²) in [6.45, 7) is 2.27. The lowest BCUT2D eigenvalue weighted by Gasteiger charge is -2.27. The number of hydrogen-bond acceptors (Lipinski definition) is 19. The Balaban J connectivity index is 6.42. The summed E-state index contributed by atoms with van der Waals surface area (Å²) in [6, 6.07) is -11.9. The molecule has 0 saturated heterocycles. The van der Waals surface area contributed by atoms with Gasteiger partial charge in [0.1, 0.15) is 54.9 Å². The molecule has 0 saturated carbocycles. The molecule has 0 aromatic carbocycles. The molecule has 0 aliphatic carbocycles. The maximum Gasteiger partial charge on any atom is 0.305 e. The molecule has 0 aromatic heterocycles. The first kappa shape index (κ1) is 70.9. The van der Waals surface area contributed by atoms with Crippen molar-refractivity contribution in [2.24, 2.45) is 40.5 Å². The second-order valence-electron chi connectivity index (χ2n) is 18.5. The molecule has 10 amide bonds. The number of nitrogens with two attached hydrogens (primary N) is 6. The Hall–Kier alpha value is -7.13. The number of primary amides is 1. The lowest BCUT2D eigenvalue weighted by Crippen LogP contribution is -2.60. The zero-order valence-corrected chi connectivity index (χ0v) is 44.3. The van der Waals surface area contributed by atoms with Crippen LogP contribution in [0.25, 0.3) is 0 Å². The minimum Gasteiger partial charge on any atom is -0.481 e. The second-order valence-corrected chi connectivity index (χ2v) is 18.5. The van der Waals surface area contributed by atoms with Crippen LogP contribution < -0.4 is 82.4 Å². The quantitative estimate of drug-likeness (QED) is 0.0199. The maximum atomic E-state index is 13.9.